The smallest absolute Gasteiger partial charge is 0.160 e. The highest BCUT2D eigenvalue weighted by atomic mass is 15.0. The Morgan fingerprint density at radius 1 is 0.224 bits per heavy atom. The van der Waals surface area contributed by atoms with Gasteiger partial charge >= 0.3 is 0 Å². The van der Waals surface area contributed by atoms with E-state index in [1.165, 1.54) is 32.6 Å². The zero-order valence-electron chi connectivity index (χ0n) is 41.1. The second kappa shape index (κ2) is 16.6. The molecular weight excluding hydrogens is 925 g/mol. The van der Waals surface area contributed by atoms with Gasteiger partial charge in [0.25, 0.3) is 0 Å². The number of fused-ring (bicyclic) bond motifs is 12. The fourth-order valence-electron chi connectivity index (χ4n) is 12.2. The molecule has 16 aromatic rings. The van der Waals surface area contributed by atoms with E-state index in [-0.39, 0.29) is 0 Å². The first kappa shape index (κ1) is 42.2. The molecule has 0 aliphatic rings. The molecule has 0 atom stereocenters. The summed E-state index contributed by atoms with van der Waals surface area (Å²) in [5, 5.41) is 8.16. The maximum absolute atomic E-state index is 5.75. The van der Waals surface area contributed by atoms with Crippen molar-refractivity contribution in [2.75, 3.05) is 0 Å². The largest absolute Gasteiger partial charge is 0.309 e. The maximum Gasteiger partial charge on any atom is 0.160 e. The van der Waals surface area contributed by atoms with Crippen LogP contribution < -0.4 is 0 Å². The van der Waals surface area contributed by atoms with E-state index < -0.39 is 0 Å². The monoisotopic (exact) mass is 968 g/mol. The third kappa shape index (κ3) is 6.34. The Morgan fingerprint density at radius 2 is 0.539 bits per heavy atom. The van der Waals surface area contributed by atoms with Crippen LogP contribution in [0.3, 0.4) is 0 Å². The molecule has 0 N–H and O–H groups in total. The first-order valence-corrected chi connectivity index (χ1v) is 25.9. The van der Waals surface area contributed by atoms with Crippen molar-refractivity contribution in [2.45, 2.75) is 0 Å². The number of nitrogens with zero attached hydrogens (tertiary/aromatic N) is 6. The van der Waals surface area contributed by atoms with Crippen LogP contribution in [0.1, 0.15) is 0 Å². The van der Waals surface area contributed by atoms with Gasteiger partial charge in [0.15, 0.2) is 5.82 Å². The Hall–Kier alpha value is -10.3. The van der Waals surface area contributed by atoms with E-state index in [2.05, 4.69) is 285 Å². The lowest BCUT2D eigenvalue weighted by atomic mass is 10.0. The Morgan fingerprint density at radius 3 is 0.987 bits per heavy atom. The molecule has 0 aliphatic carbocycles. The third-order valence-electron chi connectivity index (χ3n) is 15.5. The predicted molar refractivity (Wildman–Crippen MR) is 316 cm³/mol. The molecule has 0 radical (unpaired) electrons. The molecule has 5 heterocycles. The summed E-state index contributed by atoms with van der Waals surface area (Å²) in [6.45, 7) is 0. The van der Waals surface area contributed by atoms with Crippen LogP contribution in [0.2, 0.25) is 0 Å². The van der Waals surface area contributed by atoms with Gasteiger partial charge in [0.1, 0.15) is 5.52 Å². The molecule has 0 saturated heterocycles. The summed E-state index contributed by atoms with van der Waals surface area (Å²) in [4.78, 5) is 11.5. The van der Waals surface area contributed by atoms with Crippen LogP contribution in [-0.4, -0.2) is 28.2 Å². The molecule has 11 aromatic carbocycles. The lowest BCUT2D eigenvalue weighted by Crippen LogP contribution is -2.00. The Bertz CT molecular complexity index is 4970. The first-order valence-electron chi connectivity index (χ1n) is 25.9. The minimum atomic E-state index is 0.667. The minimum absolute atomic E-state index is 0.667. The van der Waals surface area contributed by atoms with Gasteiger partial charge in [-0.05, 0) is 132 Å². The van der Waals surface area contributed by atoms with Gasteiger partial charge in [-0.2, -0.15) is 0 Å². The molecule has 354 valence electrons. The Kier molecular flexibility index (Phi) is 9.23. The summed E-state index contributed by atoms with van der Waals surface area (Å²) in [6, 6.07) is 96.2. The van der Waals surface area contributed by atoms with Crippen LogP contribution in [0, 0.1) is 0 Å². The van der Waals surface area contributed by atoms with Crippen molar-refractivity contribution in [2.24, 2.45) is 0 Å². The lowest BCUT2D eigenvalue weighted by molar-refractivity contribution is 1.15. The van der Waals surface area contributed by atoms with Gasteiger partial charge in [-0.25, -0.2) is 9.97 Å². The van der Waals surface area contributed by atoms with Crippen molar-refractivity contribution in [3.05, 3.63) is 267 Å². The lowest BCUT2D eigenvalue weighted by Gasteiger charge is -2.13. The van der Waals surface area contributed by atoms with Crippen LogP contribution in [0.5, 0.6) is 0 Å². The number of benzene rings is 11. The van der Waals surface area contributed by atoms with E-state index in [9.17, 15) is 0 Å². The molecule has 6 heteroatoms. The summed E-state index contributed by atoms with van der Waals surface area (Å²) in [7, 11) is 0. The molecule has 0 unspecified atom stereocenters. The predicted octanol–water partition coefficient (Wildman–Crippen LogP) is 17.9. The van der Waals surface area contributed by atoms with Gasteiger partial charge in [0.05, 0.1) is 49.8 Å². The highest BCUT2D eigenvalue weighted by Crippen LogP contribution is 2.44. The second-order valence-corrected chi connectivity index (χ2v) is 19.8. The molecule has 0 saturated carbocycles. The van der Waals surface area contributed by atoms with E-state index in [0.29, 0.717) is 5.82 Å². The Labute approximate surface area is 436 Å². The molecule has 0 spiro atoms. The molecule has 5 aromatic heterocycles. The summed E-state index contributed by atoms with van der Waals surface area (Å²) < 4.78 is 9.48. The molecule has 0 aliphatic heterocycles. The van der Waals surface area contributed by atoms with Crippen molar-refractivity contribution in [3.63, 3.8) is 0 Å². The molecule has 0 fully saturated rings. The number of hydrogen-bond acceptors (Lipinski definition) is 2. The SMILES string of the molecule is c1ccc(-n2c3ccccc3c3cc(-c4ccc5c(c4)c4nc(-c6ccc7c(c6)c6ccccc6n7-c6ccccc6)nc(-c6ccc7c(c6)c6ccccc6n7-c6ccccc6)c4n5-c4ccccc4)ccc32)cc1. The standard InChI is InChI=1S/C70H44N6/c1-5-19-49(20-6-1)73-60-30-16-13-27-53(60)56-41-45(33-37-63(56)73)46-34-38-66-59(42-46)68-69(76(66)52-25-11-4-12-26-52)67(47-35-39-64-57(43-47)54-28-14-17-31-61(54)74(64)50-21-7-2-8-22-50)71-70(72-68)48-36-40-65-58(44-48)55-29-15-18-32-62(55)75(65)51-23-9-3-10-24-51/h1-44H. The van der Waals surface area contributed by atoms with E-state index in [4.69, 9.17) is 9.97 Å². The van der Waals surface area contributed by atoms with Gasteiger partial charge in [-0.15, -0.1) is 0 Å². The van der Waals surface area contributed by atoms with Gasteiger partial charge in [-0.3, -0.25) is 0 Å². The van der Waals surface area contributed by atoms with E-state index in [1.54, 1.807) is 0 Å². The van der Waals surface area contributed by atoms with E-state index in [1.807, 2.05) is 0 Å². The average Bonchev–Trinajstić information content (AvgIpc) is 4.36. The van der Waals surface area contributed by atoms with Crippen LogP contribution in [0.4, 0.5) is 0 Å². The molecule has 6 nitrogen and oxygen atoms in total. The van der Waals surface area contributed by atoms with Crippen molar-refractivity contribution >= 4 is 87.4 Å². The summed E-state index contributed by atoms with van der Waals surface area (Å²) in [5.41, 5.74) is 19.4. The number of aromatic nitrogens is 6. The number of para-hydroxylation sites is 7. The average molecular weight is 969 g/mol. The van der Waals surface area contributed by atoms with Crippen LogP contribution in [0.15, 0.2) is 267 Å². The quantitative estimate of drug-likeness (QED) is 0.160. The first-order chi connectivity index (χ1) is 37.7. The second-order valence-electron chi connectivity index (χ2n) is 19.8. The highest BCUT2D eigenvalue weighted by Gasteiger charge is 2.24. The van der Waals surface area contributed by atoms with Gasteiger partial charge in [0, 0.05) is 71.6 Å². The van der Waals surface area contributed by atoms with Crippen LogP contribution in [-0.2, 0) is 0 Å². The molecule has 76 heavy (non-hydrogen) atoms. The van der Waals surface area contributed by atoms with Gasteiger partial charge < -0.3 is 18.3 Å². The van der Waals surface area contributed by atoms with E-state index in [0.717, 1.165) is 105 Å². The van der Waals surface area contributed by atoms with Gasteiger partial charge in [-0.1, -0.05) is 146 Å². The zero-order chi connectivity index (χ0) is 49.8. The third-order valence-corrected chi connectivity index (χ3v) is 15.5. The normalized spacial score (nSPS) is 11.9. The van der Waals surface area contributed by atoms with Crippen molar-refractivity contribution in [3.8, 4) is 56.5 Å². The molecule has 0 amide bonds. The highest BCUT2D eigenvalue weighted by molar-refractivity contribution is 6.16. The summed E-state index contributed by atoms with van der Waals surface area (Å²) in [5.74, 6) is 0.667. The molecule has 0 bridgehead atoms. The fraction of sp³-hybridized carbons (Fsp3) is 0. The van der Waals surface area contributed by atoms with Crippen molar-refractivity contribution in [1.82, 2.24) is 28.2 Å². The van der Waals surface area contributed by atoms with Crippen molar-refractivity contribution in [1.29, 1.82) is 0 Å². The Balaban J connectivity index is 0.978. The summed E-state index contributed by atoms with van der Waals surface area (Å²) in [6.07, 6.45) is 0. The maximum atomic E-state index is 5.75. The number of hydrogen-bond donors (Lipinski definition) is 0. The van der Waals surface area contributed by atoms with Crippen LogP contribution in [0.25, 0.3) is 144 Å². The molecule has 16 rings (SSSR count). The van der Waals surface area contributed by atoms with Crippen LogP contribution >= 0.6 is 0 Å². The number of rotatable bonds is 7. The van der Waals surface area contributed by atoms with E-state index >= 15 is 0 Å². The zero-order valence-corrected chi connectivity index (χ0v) is 41.1. The topological polar surface area (TPSA) is 45.5 Å². The summed E-state index contributed by atoms with van der Waals surface area (Å²) >= 11 is 0. The molecular formula is C70H44N6. The van der Waals surface area contributed by atoms with Gasteiger partial charge in [0.2, 0.25) is 0 Å². The fourth-order valence-corrected chi connectivity index (χ4v) is 12.2. The van der Waals surface area contributed by atoms with Crippen molar-refractivity contribution < 1.29 is 0 Å². The minimum Gasteiger partial charge on any atom is -0.309 e.